The van der Waals surface area contributed by atoms with E-state index in [-0.39, 0.29) is 316 Å². The van der Waals surface area contributed by atoms with Gasteiger partial charge in [-0.3, -0.25) is 0 Å². The van der Waals surface area contributed by atoms with Crippen molar-refractivity contribution in [1.29, 1.82) is 0 Å². The smallest absolute Gasteiger partial charge is 0.790 e. The van der Waals surface area contributed by atoms with Crippen LogP contribution in [0, 0.1) is 0 Å². The van der Waals surface area contributed by atoms with E-state index in [1.54, 1.807) is 0 Å². The molecule has 0 spiro atoms. The average molecular weight is 5370 g/mol. The summed E-state index contributed by atoms with van der Waals surface area (Å²) in [7, 11) is -170. The molecular formula is O105P30W15. The van der Waals surface area contributed by atoms with Crippen molar-refractivity contribution >= 4 is 235 Å². The van der Waals surface area contributed by atoms with E-state index in [1.165, 1.54) is 0 Å². The summed E-state index contributed by atoms with van der Waals surface area (Å²) in [6.07, 6.45) is 0. The molecule has 150 heavy (non-hydrogen) atoms. The van der Waals surface area contributed by atoms with Gasteiger partial charge >= 0.3 is 316 Å². The molecule has 0 amide bonds. The Kier molecular flexibility index (Phi) is 159. The molecule has 0 saturated carbocycles. The number of phosphoric acid groups is 30. The van der Waals surface area contributed by atoms with Crippen molar-refractivity contribution in [2.45, 2.75) is 0 Å². The topological polar surface area (TPSA) is 2030 Å². The van der Waals surface area contributed by atoms with Gasteiger partial charge in [0.2, 0.25) is 0 Å². The van der Waals surface area contributed by atoms with Crippen LogP contribution in [0.1, 0.15) is 0 Å². The van der Waals surface area contributed by atoms with Crippen molar-refractivity contribution < 1.29 is 811 Å². The predicted octanol–water partition coefficient (Wildman–Crippen LogP) is -50.1. The Bertz CT molecular complexity index is 3510. The van der Waals surface area contributed by atoms with Gasteiger partial charge in [0, 0.05) is 0 Å². The molecule has 0 bridgehead atoms. The van der Waals surface area contributed by atoms with Crippen LogP contribution in [0.2, 0.25) is 0 Å². The quantitative estimate of drug-likeness (QED) is 0.0603. The summed E-state index contributed by atoms with van der Waals surface area (Å²) in [5, 5.41) is 0. The summed E-state index contributed by atoms with van der Waals surface area (Å²) in [6.45, 7) is 0. The molecule has 0 aromatic heterocycles. The van der Waals surface area contributed by atoms with E-state index in [4.69, 9.17) is 0 Å². The van der Waals surface area contributed by atoms with E-state index in [1.807, 2.05) is 0 Å². The molecule has 0 atom stereocenters. The first-order valence-corrected chi connectivity index (χ1v) is 65.7. The van der Waals surface area contributed by atoms with E-state index in [9.17, 15) is 431 Å². The number of hydrogen-bond donors (Lipinski definition) is 0. The van der Waals surface area contributed by atoms with E-state index in [0.29, 0.717) is 0 Å². The van der Waals surface area contributed by atoms with Crippen molar-refractivity contribution in [3.63, 3.8) is 0 Å². The van der Waals surface area contributed by atoms with Crippen LogP contribution in [-0.4, -0.2) is 0 Å². The molecule has 0 aliphatic rings. The average Bonchev–Trinajstić information content (AvgIpc) is 1.02. The molecule has 0 saturated heterocycles. The first-order valence-electron chi connectivity index (χ1n) is 21.9. The summed E-state index contributed by atoms with van der Waals surface area (Å²) in [5.41, 5.74) is 0. The summed E-state index contributed by atoms with van der Waals surface area (Å²) in [6, 6.07) is 0. The van der Waals surface area contributed by atoms with E-state index >= 15 is 0 Å². The van der Waals surface area contributed by atoms with Crippen LogP contribution in [0.3, 0.4) is 0 Å². The van der Waals surface area contributed by atoms with Crippen LogP contribution in [0.15, 0.2) is 0 Å². The van der Waals surface area contributed by atoms with Crippen LogP contribution >= 0.6 is 235 Å². The molecule has 0 unspecified atom stereocenters. The molecule has 0 radical (unpaired) electrons. The van der Waals surface area contributed by atoms with Crippen LogP contribution in [-0.2, 0) is 518 Å². The second-order valence-electron chi connectivity index (χ2n) is 14.6. The fourth-order valence-corrected chi connectivity index (χ4v) is 16.5. The van der Waals surface area contributed by atoms with Gasteiger partial charge in [0.1, 0.15) is 0 Å². The van der Waals surface area contributed by atoms with Gasteiger partial charge in [-0.05, 0) is 0 Å². The molecule has 870 valence electrons. The molecule has 0 fully saturated rings. The predicted molar refractivity (Wildman–Crippen MR) is 244 cm³/mol. The van der Waals surface area contributed by atoms with Crippen molar-refractivity contribution in [2.75, 3.05) is 0 Å². The monoisotopic (exact) mass is 5370 g/mol. The molecule has 0 heterocycles. The maximum atomic E-state index is 9.32. The van der Waals surface area contributed by atoms with Crippen molar-refractivity contribution in [3.05, 3.63) is 0 Å². The maximum Gasteiger partial charge on any atom is 4.00 e. The molecule has 0 aliphatic carbocycles. The van der Waals surface area contributed by atoms with Crippen LogP contribution in [0.5, 0.6) is 0 Å². The Labute approximate surface area is 1030 Å². The molecule has 0 aliphatic heterocycles. The second-order valence-corrected chi connectivity index (χ2v) is 51.3. The van der Waals surface area contributed by atoms with Gasteiger partial charge in [0.25, 0.3) is 0 Å². The van der Waals surface area contributed by atoms with Crippen LogP contribution in [0.25, 0.3) is 0 Å². The van der Waals surface area contributed by atoms with E-state index < -0.39 is 235 Å². The minimum atomic E-state index is -5.68. The molecule has 0 rings (SSSR count). The van der Waals surface area contributed by atoms with Gasteiger partial charge < -0.3 is 495 Å². The molecule has 105 nitrogen and oxygen atoms in total. The third-order valence-electron chi connectivity index (χ3n) is 3.00. The normalized spacial score (nSPS) is 12.4. The standard InChI is InChI=1S/15H4O7P2.15W/c15*1-8(2,3)7-9(4,5)6;;;;;;;;;;;;;;;/h15*(H2,1,2,3)(H2,4,5,6);;;;;;;;;;;;;;;/q;;;;;;;;;;;;;;;15*+4/p-60. The van der Waals surface area contributed by atoms with Gasteiger partial charge in [-0.15, -0.1) is 0 Å². The van der Waals surface area contributed by atoms with Crippen LogP contribution in [0.4, 0.5) is 0 Å². The van der Waals surface area contributed by atoms with Crippen molar-refractivity contribution in [1.82, 2.24) is 0 Å². The minimum absolute atomic E-state index is 0. The molecule has 0 aromatic carbocycles. The number of hydrogen-bond acceptors (Lipinski definition) is 105. The zero-order chi connectivity index (χ0) is 116. The summed E-state index contributed by atoms with van der Waals surface area (Å²) < 4.78 is 317. The Morgan fingerprint density at radius 3 is 0.0733 bits per heavy atom. The summed E-state index contributed by atoms with van der Waals surface area (Å²) in [5.74, 6) is 0. The zero-order valence-corrected chi connectivity index (χ0v) is 133. The Balaban J connectivity index is -0.0000000365. The molecule has 0 aromatic rings. The second kappa shape index (κ2) is 98.1. The summed E-state index contributed by atoms with van der Waals surface area (Å²) >= 11 is 0. The fraction of sp³-hybridized carbons (Fsp3) is 0. The molecule has 0 N–H and O–H groups in total. The maximum absolute atomic E-state index is 9.32. The van der Waals surface area contributed by atoms with Crippen molar-refractivity contribution in [3.8, 4) is 0 Å². The first-order chi connectivity index (χ1) is 55.6. The van der Waals surface area contributed by atoms with E-state index in [2.05, 4.69) is 64.7 Å². The summed E-state index contributed by atoms with van der Waals surface area (Å²) in [4.78, 5) is 559. The van der Waals surface area contributed by atoms with E-state index in [0.717, 1.165) is 0 Å². The molecular weight excluding hydrogens is 5370 g/mol. The van der Waals surface area contributed by atoms with Gasteiger partial charge in [0.15, 0.2) is 0 Å². The van der Waals surface area contributed by atoms with Crippen molar-refractivity contribution in [2.24, 2.45) is 0 Å². The first kappa shape index (κ1) is 243. The third-order valence-corrected chi connectivity index (χ3v) is 27.0. The Morgan fingerprint density at radius 1 is 0.0600 bits per heavy atom. The Hall–Kier alpha value is 14.2. The van der Waals surface area contributed by atoms with Gasteiger partial charge in [0.05, 0.1) is 235 Å². The Morgan fingerprint density at radius 2 is 0.0733 bits per heavy atom. The third kappa shape index (κ3) is 388. The van der Waals surface area contributed by atoms with Crippen LogP contribution < -0.4 is 294 Å². The minimum Gasteiger partial charge on any atom is -0.790 e. The van der Waals surface area contributed by atoms with Gasteiger partial charge in [-0.1, -0.05) is 0 Å². The fourth-order valence-electron chi connectivity index (χ4n) is 1.84. The largest absolute Gasteiger partial charge is 4.00 e. The van der Waals surface area contributed by atoms with Gasteiger partial charge in [-0.25, -0.2) is 0 Å². The zero-order valence-electron chi connectivity index (χ0n) is 62.4. The van der Waals surface area contributed by atoms with Gasteiger partial charge in [-0.2, -0.15) is 0 Å². The molecule has 150 heteroatoms. The SMILES string of the molecule is O=P([O-])([O-])OP(=O)([O-])[O-].O=P([O-])([O-])OP(=O)([O-])[O-].O=P([O-])([O-])OP(=O)([O-])[O-].O=P([O-])([O-])OP(=O)([O-])[O-].O=P([O-])([O-])OP(=O)([O-])[O-].O=P([O-])([O-])OP(=O)([O-])[O-].O=P([O-])([O-])OP(=O)([O-])[O-].O=P([O-])([O-])OP(=O)([O-])[O-].O=P([O-])([O-])OP(=O)([O-])[O-].O=P([O-])([O-])OP(=O)([O-])[O-].O=P([O-])([O-])OP(=O)([O-])[O-].O=P([O-])([O-])OP(=O)([O-])[O-].O=P([O-])([O-])OP(=O)([O-])[O-].O=P([O-])([O-])OP(=O)([O-])[O-].O=P([O-])([O-])OP(=O)([O-])[O-].[W+4].[W+4].[W+4].[W+4].[W+4].[W+4].[W+4].[W+4].[W+4].[W+4].[W+4].[W+4].[W+4].[W+4].[W+4]. The number of rotatable bonds is 30.